The summed E-state index contributed by atoms with van der Waals surface area (Å²) in [6.07, 6.45) is 3.03. The molecule has 30 heavy (non-hydrogen) atoms. The van der Waals surface area contributed by atoms with Gasteiger partial charge in [-0.3, -0.25) is 9.63 Å². The molecule has 4 rings (SSSR count). The van der Waals surface area contributed by atoms with Gasteiger partial charge in [0.25, 0.3) is 5.91 Å². The van der Waals surface area contributed by atoms with E-state index in [9.17, 15) is 4.79 Å². The Bertz CT molecular complexity index is 1030. The van der Waals surface area contributed by atoms with Crippen molar-refractivity contribution in [1.82, 2.24) is 15.4 Å². The average molecular weight is 403 g/mol. The van der Waals surface area contributed by atoms with Crippen molar-refractivity contribution < 1.29 is 19.1 Å². The number of pyridine rings is 1. The van der Waals surface area contributed by atoms with Crippen molar-refractivity contribution in [2.75, 3.05) is 14.1 Å². The summed E-state index contributed by atoms with van der Waals surface area (Å²) in [6, 6.07) is 20.6. The molecular formula is C23H21N3O4. The number of carbonyl (C=O) groups excluding carboxylic acids is 1. The van der Waals surface area contributed by atoms with E-state index in [4.69, 9.17) is 14.3 Å². The number of para-hydroxylation sites is 1. The number of hydrogen-bond donors (Lipinski definition) is 1. The first-order valence-electron chi connectivity index (χ1n) is 9.40. The number of amides is 1. The Hall–Kier alpha value is -3.84. The van der Waals surface area contributed by atoms with E-state index in [1.54, 1.807) is 26.2 Å². The normalized spacial score (nSPS) is 15.1. The lowest BCUT2D eigenvalue weighted by atomic mass is 10.1. The van der Waals surface area contributed by atoms with Gasteiger partial charge in [-0.05, 0) is 42.0 Å². The molecule has 0 bridgehead atoms. The number of nitrogens with zero attached hydrogens (tertiary/aromatic N) is 2. The lowest BCUT2D eigenvalue weighted by Crippen LogP contribution is -2.22. The van der Waals surface area contributed by atoms with E-state index < -0.39 is 0 Å². The highest BCUT2D eigenvalue weighted by Gasteiger charge is 2.20. The van der Waals surface area contributed by atoms with Crippen molar-refractivity contribution >= 4 is 5.91 Å². The molecule has 1 amide bonds. The maximum atomic E-state index is 11.9. The third-order valence-corrected chi connectivity index (χ3v) is 4.37. The minimum absolute atomic E-state index is 0.164. The van der Waals surface area contributed by atoms with Crippen molar-refractivity contribution in [3.05, 3.63) is 96.1 Å². The predicted octanol–water partition coefficient (Wildman–Crippen LogP) is 4.07. The van der Waals surface area contributed by atoms with Crippen molar-refractivity contribution in [1.29, 1.82) is 0 Å². The number of ether oxygens (including phenoxy) is 2. The van der Waals surface area contributed by atoms with Crippen LogP contribution in [0.3, 0.4) is 0 Å². The Kier molecular flexibility index (Phi) is 5.63. The third kappa shape index (κ3) is 4.59. The number of hydroxylamine groups is 1. The standard InChI is InChI=1S/C23H21N3O4/c1-26(2)23(27)20-13-12-19(15-24-20)29-22-14-21(30-25-22)16-8-10-18(11-9-16)28-17-6-4-3-5-7-17/h3-15,21,25H,1-2H3. The molecule has 0 radical (unpaired) electrons. The van der Waals surface area contributed by atoms with Gasteiger partial charge in [-0.25, -0.2) is 10.5 Å². The van der Waals surface area contributed by atoms with Gasteiger partial charge >= 0.3 is 0 Å². The molecule has 1 atom stereocenters. The molecule has 3 aromatic rings. The quantitative estimate of drug-likeness (QED) is 0.669. The first kappa shape index (κ1) is 19.5. The zero-order valence-corrected chi connectivity index (χ0v) is 16.6. The summed E-state index contributed by atoms with van der Waals surface area (Å²) in [6.45, 7) is 0. The van der Waals surface area contributed by atoms with Crippen LogP contribution < -0.4 is 15.0 Å². The smallest absolute Gasteiger partial charge is 0.271 e. The summed E-state index contributed by atoms with van der Waals surface area (Å²) in [7, 11) is 3.36. The first-order valence-corrected chi connectivity index (χ1v) is 9.40. The van der Waals surface area contributed by atoms with E-state index in [-0.39, 0.29) is 12.0 Å². The molecule has 2 aromatic carbocycles. The number of aromatic nitrogens is 1. The van der Waals surface area contributed by atoms with Gasteiger partial charge in [0.2, 0.25) is 5.88 Å². The summed E-state index contributed by atoms with van der Waals surface area (Å²) in [5.41, 5.74) is 4.07. The van der Waals surface area contributed by atoms with Crippen LogP contribution in [0.5, 0.6) is 17.2 Å². The molecule has 152 valence electrons. The molecule has 0 saturated carbocycles. The highest BCUT2D eigenvalue weighted by atomic mass is 16.7. The summed E-state index contributed by atoms with van der Waals surface area (Å²) >= 11 is 0. The van der Waals surface area contributed by atoms with Crippen molar-refractivity contribution in [2.24, 2.45) is 0 Å². The summed E-state index contributed by atoms with van der Waals surface area (Å²) in [4.78, 5) is 23.1. The fourth-order valence-electron chi connectivity index (χ4n) is 2.82. The van der Waals surface area contributed by atoms with Gasteiger partial charge < -0.3 is 14.4 Å². The summed E-state index contributed by atoms with van der Waals surface area (Å²) in [5, 5.41) is 0. The molecule has 7 nitrogen and oxygen atoms in total. The van der Waals surface area contributed by atoms with Gasteiger partial charge in [-0.15, -0.1) is 0 Å². The van der Waals surface area contributed by atoms with Crippen LogP contribution in [0.15, 0.2) is 84.9 Å². The zero-order valence-electron chi connectivity index (χ0n) is 16.6. The van der Waals surface area contributed by atoms with Crippen LogP contribution in [0.4, 0.5) is 0 Å². The minimum atomic E-state index is -0.298. The van der Waals surface area contributed by atoms with E-state index in [0.29, 0.717) is 17.3 Å². The molecule has 0 fully saturated rings. The molecule has 0 saturated heterocycles. The van der Waals surface area contributed by atoms with E-state index in [1.165, 1.54) is 11.1 Å². The van der Waals surface area contributed by atoms with Crippen LogP contribution in [0.2, 0.25) is 0 Å². The highest BCUT2D eigenvalue weighted by Crippen LogP contribution is 2.28. The maximum absolute atomic E-state index is 11.9. The predicted molar refractivity (Wildman–Crippen MR) is 111 cm³/mol. The van der Waals surface area contributed by atoms with Gasteiger partial charge in [-0.2, -0.15) is 0 Å². The van der Waals surface area contributed by atoms with Crippen LogP contribution in [0.1, 0.15) is 22.2 Å². The Morgan fingerprint density at radius 1 is 0.933 bits per heavy atom. The van der Waals surface area contributed by atoms with Gasteiger partial charge in [0.1, 0.15) is 29.0 Å². The monoisotopic (exact) mass is 403 g/mol. The zero-order chi connectivity index (χ0) is 20.9. The molecule has 0 spiro atoms. The Balaban J connectivity index is 1.38. The molecule has 1 aromatic heterocycles. The van der Waals surface area contributed by atoms with Crippen LogP contribution in [0, 0.1) is 0 Å². The lowest BCUT2D eigenvalue weighted by Gasteiger charge is -2.10. The van der Waals surface area contributed by atoms with Gasteiger partial charge in [0.05, 0.1) is 6.20 Å². The number of rotatable bonds is 6. The highest BCUT2D eigenvalue weighted by molar-refractivity contribution is 5.91. The average Bonchev–Trinajstić information content (AvgIpc) is 3.23. The Morgan fingerprint density at radius 2 is 1.63 bits per heavy atom. The fourth-order valence-corrected chi connectivity index (χ4v) is 2.82. The molecule has 1 unspecified atom stereocenters. The van der Waals surface area contributed by atoms with E-state index in [1.807, 2.05) is 60.7 Å². The molecule has 1 aliphatic rings. The lowest BCUT2D eigenvalue weighted by molar-refractivity contribution is 0.0273. The van der Waals surface area contributed by atoms with Crippen LogP contribution in [-0.4, -0.2) is 29.9 Å². The van der Waals surface area contributed by atoms with Crippen molar-refractivity contribution in [2.45, 2.75) is 6.10 Å². The van der Waals surface area contributed by atoms with E-state index in [0.717, 1.165) is 17.1 Å². The Morgan fingerprint density at radius 3 is 2.30 bits per heavy atom. The topological polar surface area (TPSA) is 72.9 Å². The SMILES string of the molecule is CN(C)C(=O)c1ccc(OC2=CC(c3ccc(Oc4ccccc4)cc3)ON2)cn1. The minimum Gasteiger partial charge on any atom is -0.457 e. The van der Waals surface area contributed by atoms with Crippen molar-refractivity contribution in [3.8, 4) is 17.2 Å². The second-order valence-electron chi connectivity index (χ2n) is 6.84. The van der Waals surface area contributed by atoms with Crippen LogP contribution in [-0.2, 0) is 4.84 Å². The number of nitrogens with one attached hydrogen (secondary N) is 1. The maximum Gasteiger partial charge on any atom is 0.271 e. The van der Waals surface area contributed by atoms with E-state index in [2.05, 4.69) is 10.5 Å². The van der Waals surface area contributed by atoms with Crippen LogP contribution in [0.25, 0.3) is 0 Å². The third-order valence-electron chi connectivity index (χ3n) is 4.37. The molecule has 7 heteroatoms. The second-order valence-corrected chi connectivity index (χ2v) is 6.84. The molecular weight excluding hydrogens is 382 g/mol. The summed E-state index contributed by atoms with van der Waals surface area (Å²) in [5.74, 6) is 2.32. The number of benzene rings is 2. The molecule has 1 N–H and O–H groups in total. The van der Waals surface area contributed by atoms with Gasteiger partial charge in [0.15, 0.2) is 0 Å². The second kappa shape index (κ2) is 8.67. The van der Waals surface area contributed by atoms with Crippen LogP contribution >= 0.6 is 0 Å². The largest absolute Gasteiger partial charge is 0.457 e. The molecule has 2 heterocycles. The number of carbonyl (C=O) groups is 1. The molecule has 1 aliphatic heterocycles. The summed E-state index contributed by atoms with van der Waals surface area (Å²) < 4.78 is 11.5. The first-order chi connectivity index (χ1) is 14.6. The Labute approximate surface area is 174 Å². The fraction of sp³-hybridized carbons (Fsp3) is 0.130. The van der Waals surface area contributed by atoms with Crippen molar-refractivity contribution in [3.63, 3.8) is 0 Å². The van der Waals surface area contributed by atoms with Gasteiger partial charge in [-0.1, -0.05) is 30.3 Å². The van der Waals surface area contributed by atoms with Gasteiger partial charge in [0, 0.05) is 20.2 Å². The molecule has 0 aliphatic carbocycles. The number of hydrogen-bond acceptors (Lipinski definition) is 6. The van der Waals surface area contributed by atoms with E-state index >= 15 is 0 Å².